The molecule has 0 aliphatic heterocycles. The second-order valence-electron chi connectivity index (χ2n) is 14.5. The molecular weight excluding hydrogens is 757 g/mol. The number of amides is 1. The fourth-order valence-electron chi connectivity index (χ4n) is 6.04. The average molecular weight is 824 g/mol. The van der Waals surface area contributed by atoms with Crippen molar-refractivity contribution in [2.24, 2.45) is 0 Å². The lowest BCUT2D eigenvalue weighted by atomic mass is 10.0. The summed E-state index contributed by atoms with van der Waals surface area (Å²) in [7, 11) is -4.31. The van der Waals surface area contributed by atoms with Crippen molar-refractivity contribution in [1.29, 1.82) is 0 Å². The van der Waals surface area contributed by atoms with Crippen molar-refractivity contribution >= 4 is 25.9 Å². The monoisotopic (exact) mass is 823 g/mol. The highest BCUT2D eigenvalue weighted by Gasteiger charge is 2.32. The molecule has 3 aromatic carbocycles. The minimum atomic E-state index is -4.31. The van der Waals surface area contributed by atoms with E-state index in [0.717, 1.165) is 30.4 Å². The zero-order chi connectivity index (χ0) is 41.4. The van der Waals surface area contributed by atoms with E-state index >= 15 is 0 Å². The molecule has 0 aromatic heterocycles. The summed E-state index contributed by atoms with van der Waals surface area (Å²) < 4.78 is 47.0. The summed E-state index contributed by atoms with van der Waals surface area (Å²) in [5.74, 6) is -1.12. The van der Waals surface area contributed by atoms with Crippen LogP contribution in [0.2, 0.25) is 0 Å². The summed E-state index contributed by atoms with van der Waals surface area (Å²) in [4.78, 5) is 38.3. The van der Waals surface area contributed by atoms with Crippen LogP contribution in [0.5, 0.6) is 0 Å². The van der Waals surface area contributed by atoms with Crippen molar-refractivity contribution < 1.29 is 46.7 Å². The molecule has 3 aromatic rings. The van der Waals surface area contributed by atoms with E-state index < -0.39 is 32.5 Å². The number of carbonyl (C=O) groups excluding carboxylic acids is 3. The number of nitrogens with one attached hydrogen (secondary N) is 1. The minimum absolute atomic E-state index is 0.0366. The van der Waals surface area contributed by atoms with Gasteiger partial charge in [-0.25, -0.2) is 14.2 Å². The molecule has 0 aliphatic carbocycles. The molecule has 1 unspecified atom stereocenters. The van der Waals surface area contributed by atoms with Gasteiger partial charge in [0, 0.05) is 12.8 Å². The fourth-order valence-corrected chi connectivity index (χ4v) is 7.26. The van der Waals surface area contributed by atoms with Gasteiger partial charge < -0.3 is 19.5 Å². The maximum Gasteiger partial charge on any atom is 0.475 e. The van der Waals surface area contributed by atoms with Gasteiger partial charge in [0.2, 0.25) is 0 Å². The molecule has 58 heavy (non-hydrogen) atoms. The second-order valence-corrected chi connectivity index (χ2v) is 16.1. The zero-order valence-corrected chi connectivity index (χ0v) is 35.4. The summed E-state index contributed by atoms with van der Waals surface area (Å²) in [6.45, 7) is 1.40. The molecule has 0 aliphatic rings. The van der Waals surface area contributed by atoms with Gasteiger partial charge in [0.25, 0.3) is 0 Å². The summed E-state index contributed by atoms with van der Waals surface area (Å²) in [5, 5.41) is 2.46. The molecule has 0 saturated heterocycles. The first kappa shape index (κ1) is 48.3. The van der Waals surface area contributed by atoms with Gasteiger partial charge in [0.05, 0.1) is 26.4 Å². The number of ether oxygens (including phenoxy) is 3. The van der Waals surface area contributed by atoms with Gasteiger partial charge in [-0.3, -0.25) is 18.4 Å². The molecule has 0 saturated carbocycles. The van der Waals surface area contributed by atoms with Crippen molar-refractivity contribution in [3.63, 3.8) is 0 Å². The molecular formula is C46H66NO10P. The maximum absolute atomic E-state index is 13.9. The summed E-state index contributed by atoms with van der Waals surface area (Å²) >= 11 is 0. The molecule has 1 N–H and O–H groups in total. The standard InChI is InChI=1S/C46H66NO10P/c1-2-3-4-5-6-7-8-9-10-11-12-13-14-15-25-33-44(48)52-34-26-35-55-58(51,56-38-42-31-23-18-24-32-42)57-39-43(45(49)53-36-40-27-19-16-20-28-40)47-46(50)54-37-41-29-21-17-22-30-41/h16-24,27-32,43H,2-15,25-26,33-39H2,1H3,(H,47,50)/t43-,58?/m0/s1. The Kier molecular flexibility index (Phi) is 25.8. The van der Waals surface area contributed by atoms with E-state index in [4.69, 9.17) is 27.8 Å². The Morgan fingerprint density at radius 2 is 0.983 bits per heavy atom. The van der Waals surface area contributed by atoms with Crippen LogP contribution in [0.3, 0.4) is 0 Å². The van der Waals surface area contributed by atoms with E-state index in [2.05, 4.69) is 12.2 Å². The number of esters is 2. The summed E-state index contributed by atoms with van der Waals surface area (Å²) in [6, 6.07) is 25.7. The molecule has 0 radical (unpaired) electrons. The van der Waals surface area contributed by atoms with E-state index in [0.29, 0.717) is 12.0 Å². The quantitative estimate of drug-likeness (QED) is 0.0274. The van der Waals surface area contributed by atoms with Crippen LogP contribution in [0, 0.1) is 0 Å². The van der Waals surface area contributed by atoms with E-state index in [9.17, 15) is 18.9 Å². The van der Waals surface area contributed by atoms with Crippen molar-refractivity contribution in [2.45, 2.75) is 142 Å². The van der Waals surface area contributed by atoms with Crippen LogP contribution < -0.4 is 5.32 Å². The lowest BCUT2D eigenvalue weighted by Crippen LogP contribution is -2.45. The fraction of sp³-hybridized carbons (Fsp3) is 0.543. The highest BCUT2D eigenvalue weighted by Crippen LogP contribution is 2.50. The molecule has 0 spiro atoms. The third kappa shape index (κ3) is 23.4. The van der Waals surface area contributed by atoms with Crippen molar-refractivity contribution in [1.82, 2.24) is 5.32 Å². The first-order valence-electron chi connectivity index (χ1n) is 21.3. The highest BCUT2D eigenvalue weighted by molar-refractivity contribution is 7.48. The first-order chi connectivity index (χ1) is 28.4. The summed E-state index contributed by atoms with van der Waals surface area (Å²) in [6.07, 6.45) is 18.5. The van der Waals surface area contributed by atoms with Gasteiger partial charge in [-0.15, -0.1) is 0 Å². The lowest BCUT2D eigenvalue weighted by molar-refractivity contribution is -0.148. The summed E-state index contributed by atoms with van der Waals surface area (Å²) in [5.41, 5.74) is 2.20. The third-order valence-electron chi connectivity index (χ3n) is 9.43. The largest absolute Gasteiger partial charge is 0.475 e. The number of phosphoric ester groups is 1. The third-order valence-corrected chi connectivity index (χ3v) is 10.8. The van der Waals surface area contributed by atoms with Crippen molar-refractivity contribution in [3.05, 3.63) is 108 Å². The highest BCUT2D eigenvalue weighted by atomic mass is 31.2. The number of carbonyl (C=O) groups is 3. The van der Waals surface area contributed by atoms with Crippen LogP contribution in [0.25, 0.3) is 0 Å². The van der Waals surface area contributed by atoms with Gasteiger partial charge >= 0.3 is 25.9 Å². The Balaban J connectivity index is 1.40. The van der Waals surface area contributed by atoms with Gasteiger partial charge in [0.1, 0.15) is 13.2 Å². The molecule has 2 atom stereocenters. The Morgan fingerprint density at radius 1 is 0.517 bits per heavy atom. The number of hydrogen-bond acceptors (Lipinski definition) is 10. The van der Waals surface area contributed by atoms with Crippen LogP contribution >= 0.6 is 7.82 Å². The topological polar surface area (TPSA) is 136 Å². The predicted octanol–water partition coefficient (Wildman–Crippen LogP) is 11.6. The SMILES string of the molecule is CCCCCCCCCCCCCCCCCC(=O)OCCCOP(=O)(OCc1ccccc1)OC[C@H](NC(=O)OCc1ccccc1)C(=O)OCc1ccccc1. The van der Waals surface area contributed by atoms with Crippen LogP contribution in [-0.2, 0) is 61.8 Å². The molecule has 11 nitrogen and oxygen atoms in total. The molecule has 3 rings (SSSR count). The van der Waals surface area contributed by atoms with Crippen LogP contribution in [-0.4, -0.2) is 43.9 Å². The molecule has 0 heterocycles. The van der Waals surface area contributed by atoms with E-state index in [1.54, 1.807) is 36.4 Å². The Hall–Kier alpha value is -4.02. The normalized spacial score (nSPS) is 12.6. The van der Waals surface area contributed by atoms with Crippen molar-refractivity contribution in [2.75, 3.05) is 19.8 Å². The van der Waals surface area contributed by atoms with E-state index in [-0.39, 0.29) is 45.4 Å². The van der Waals surface area contributed by atoms with Crippen LogP contribution in [0.1, 0.15) is 133 Å². The second kappa shape index (κ2) is 31.0. The Labute approximate surface area is 346 Å². The van der Waals surface area contributed by atoms with Crippen LogP contribution in [0.15, 0.2) is 91.0 Å². The zero-order valence-electron chi connectivity index (χ0n) is 34.5. The molecule has 0 fully saturated rings. The predicted molar refractivity (Wildman–Crippen MR) is 226 cm³/mol. The average Bonchev–Trinajstić information content (AvgIpc) is 3.25. The molecule has 320 valence electrons. The van der Waals surface area contributed by atoms with E-state index in [1.807, 2.05) is 54.6 Å². The number of unbranched alkanes of at least 4 members (excludes halogenated alkanes) is 14. The Bertz CT molecular complexity index is 1560. The number of rotatable bonds is 33. The van der Waals surface area contributed by atoms with Crippen molar-refractivity contribution in [3.8, 4) is 0 Å². The number of phosphoric acid groups is 1. The maximum atomic E-state index is 13.9. The first-order valence-corrected chi connectivity index (χ1v) is 22.7. The number of hydrogen-bond donors (Lipinski definition) is 1. The van der Waals surface area contributed by atoms with Gasteiger partial charge in [-0.05, 0) is 23.1 Å². The molecule has 1 amide bonds. The number of alkyl carbamates (subject to hydrolysis) is 1. The molecule has 0 bridgehead atoms. The number of benzene rings is 3. The van der Waals surface area contributed by atoms with Gasteiger partial charge in [-0.1, -0.05) is 188 Å². The Morgan fingerprint density at radius 3 is 1.50 bits per heavy atom. The van der Waals surface area contributed by atoms with Gasteiger partial charge in [0.15, 0.2) is 6.04 Å². The molecule has 12 heteroatoms. The van der Waals surface area contributed by atoms with Gasteiger partial charge in [-0.2, -0.15) is 0 Å². The smallest absolute Gasteiger partial charge is 0.466 e. The lowest BCUT2D eigenvalue weighted by Gasteiger charge is -2.22. The minimum Gasteiger partial charge on any atom is -0.466 e. The van der Waals surface area contributed by atoms with E-state index in [1.165, 1.54) is 77.0 Å². The van der Waals surface area contributed by atoms with Crippen LogP contribution in [0.4, 0.5) is 4.79 Å².